The first-order valence-corrected chi connectivity index (χ1v) is 6.88. The van der Waals surface area contributed by atoms with E-state index in [1.807, 2.05) is 6.07 Å². The molecule has 1 aliphatic heterocycles. The standard InChI is InChI=1S/C16H15N3O3/c1-16(11-6-3-2-4-7-11)14(21)19(15(22)18-16)10-13(20)12-8-5-9-17-12/h2-9,17H,10H2,1H3,(H,18,22). The first-order chi connectivity index (χ1) is 10.5. The number of imide groups is 1. The van der Waals surface area contributed by atoms with Gasteiger partial charge in [-0.1, -0.05) is 30.3 Å². The second-order valence-electron chi connectivity index (χ2n) is 5.32. The number of H-pyrrole nitrogens is 1. The zero-order chi connectivity index (χ0) is 15.7. The Morgan fingerprint density at radius 2 is 1.86 bits per heavy atom. The summed E-state index contributed by atoms with van der Waals surface area (Å²) in [5.41, 5.74) is -0.0916. The van der Waals surface area contributed by atoms with Crippen LogP contribution in [0.15, 0.2) is 48.7 Å². The number of aromatic amines is 1. The van der Waals surface area contributed by atoms with Gasteiger partial charge in [0.1, 0.15) is 5.54 Å². The number of amides is 3. The minimum absolute atomic E-state index is 0.284. The van der Waals surface area contributed by atoms with Crippen LogP contribution in [0.4, 0.5) is 4.79 Å². The van der Waals surface area contributed by atoms with Crippen LogP contribution in [0, 0.1) is 0 Å². The van der Waals surface area contributed by atoms with E-state index in [1.54, 1.807) is 49.5 Å². The second-order valence-corrected chi connectivity index (χ2v) is 5.32. The van der Waals surface area contributed by atoms with Crippen molar-refractivity contribution in [3.63, 3.8) is 0 Å². The summed E-state index contributed by atoms with van der Waals surface area (Å²) in [4.78, 5) is 40.6. The van der Waals surface area contributed by atoms with E-state index < -0.39 is 17.5 Å². The molecule has 112 valence electrons. The molecule has 1 saturated heterocycles. The molecular weight excluding hydrogens is 282 g/mol. The Balaban J connectivity index is 1.84. The van der Waals surface area contributed by atoms with Crippen molar-refractivity contribution in [3.05, 3.63) is 59.9 Å². The molecule has 1 unspecified atom stereocenters. The largest absolute Gasteiger partial charge is 0.359 e. The third-order valence-corrected chi connectivity index (χ3v) is 3.83. The number of aromatic nitrogens is 1. The van der Waals surface area contributed by atoms with Crippen molar-refractivity contribution in [2.45, 2.75) is 12.5 Å². The van der Waals surface area contributed by atoms with Crippen LogP contribution in [0.3, 0.4) is 0 Å². The van der Waals surface area contributed by atoms with E-state index in [2.05, 4.69) is 10.3 Å². The van der Waals surface area contributed by atoms with Gasteiger partial charge in [0, 0.05) is 6.20 Å². The number of nitrogens with zero attached hydrogens (tertiary/aromatic N) is 1. The number of nitrogens with one attached hydrogen (secondary N) is 2. The van der Waals surface area contributed by atoms with Gasteiger partial charge in [0.2, 0.25) is 0 Å². The molecule has 6 heteroatoms. The Kier molecular flexibility index (Phi) is 3.29. The molecule has 1 aromatic heterocycles. The molecule has 0 saturated carbocycles. The van der Waals surface area contributed by atoms with E-state index in [4.69, 9.17) is 0 Å². The first-order valence-electron chi connectivity index (χ1n) is 6.88. The average Bonchev–Trinajstić information content (AvgIpc) is 3.12. The molecule has 2 heterocycles. The van der Waals surface area contributed by atoms with E-state index in [0.717, 1.165) is 4.90 Å². The number of hydrogen-bond acceptors (Lipinski definition) is 3. The molecule has 6 nitrogen and oxygen atoms in total. The third kappa shape index (κ3) is 2.18. The lowest BCUT2D eigenvalue weighted by molar-refractivity contribution is -0.130. The van der Waals surface area contributed by atoms with Crippen molar-refractivity contribution in [3.8, 4) is 0 Å². The predicted molar refractivity (Wildman–Crippen MR) is 79.2 cm³/mol. The maximum atomic E-state index is 12.6. The lowest BCUT2D eigenvalue weighted by Crippen LogP contribution is -2.41. The molecule has 3 rings (SSSR count). The topological polar surface area (TPSA) is 82.3 Å². The van der Waals surface area contributed by atoms with Crippen LogP contribution in [-0.4, -0.2) is 34.2 Å². The van der Waals surface area contributed by atoms with Crippen molar-refractivity contribution in [1.29, 1.82) is 0 Å². The molecule has 2 N–H and O–H groups in total. The van der Waals surface area contributed by atoms with Crippen LogP contribution in [-0.2, 0) is 10.3 Å². The molecule has 1 atom stereocenters. The van der Waals surface area contributed by atoms with Crippen LogP contribution < -0.4 is 5.32 Å². The molecule has 22 heavy (non-hydrogen) atoms. The van der Waals surface area contributed by atoms with Gasteiger partial charge in [-0.2, -0.15) is 0 Å². The summed E-state index contributed by atoms with van der Waals surface area (Å²) in [5.74, 6) is -0.741. The number of urea groups is 1. The SMILES string of the molecule is CC1(c2ccccc2)NC(=O)N(CC(=O)c2ccc[nH]2)C1=O. The van der Waals surface area contributed by atoms with Crippen molar-refractivity contribution < 1.29 is 14.4 Å². The van der Waals surface area contributed by atoms with Crippen LogP contribution in [0.5, 0.6) is 0 Å². The lowest BCUT2D eigenvalue weighted by Gasteiger charge is -2.21. The number of Topliss-reactive ketones (excluding diaryl/α,β-unsaturated/α-hetero) is 1. The zero-order valence-electron chi connectivity index (χ0n) is 12.0. The van der Waals surface area contributed by atoms with E-state index in [-0.39, 0.29) is 12.3 Å². The van der Waals surface area contributed by atoms with Gasteiger partial charge in [-0.3, -0.25) is 14.5 Å². The van der Waals surface area contributed by atoms with E-state index >= 15 is 0 Å². The Bertz CT molecular complexity index is 724. The molecule has 3 amide bonds. The van der Waals surface area contributed by atoms with Crippen molar-refractivity contribution in [2.24, 2.45) is 0 Å². The van der Waals surface area contributed by atoms with Gasteiger partial charge in [-0.05, 0) is 24.6 Å². The summed E-state index contributed by atoms with van der Waals surface area (Å²) in [6, 6.07) is 11.7. The molecule has 1 aliphatic rings. The number of ketones is 1. The van der Waals surface area contributed by atoms with Crippen LogP contribution in [0.2, 0.25) is 0 Å². The van der Waals surface area contributed by atoms with Crippen LogP contribution in [0.25, 0.3) is 0 Å². The molecule has 2 aromatic rings. The molecule has 1 aromatic carbocycles. The molecule has 0 spiro atoms. The zero-order valence-corrected chi connectivity index (χ0v) is 12.0. The minimum Gasteiger partial charge on any atom is -0.359 e. The van der Waals surface area contributed by atoms with Crippen molar-refractivity contribution in [2.75, 3.05) is 6.54 Å². The molecule has 0 radical (unpaired) electrons. The van der Waals surface area contributed by atoms with Gasteiger partial charge in [0.15, 0.2) is 5.78 Å². The molecular formula is C16H15N3O3. The number of benzene rings is 1. The van der Waals surface area contributed by atoms with E-state index in [0.29, 0.717) is 11.3 Å². The van der Waals surface area contributed by atoms with E-state index in [9.17, 15) is 14.4 Å². The Labute approximate surface area is 127 Å². The number of carbonyl (C=O) groups is 3. The summed E-state index contributed by atoms with van der Waals surface area (Å²) in [6.45, 7) is 1.36. The highest BCUT2D eigenvalue weighted by atomic mass is 16.2. The van der Waals surface area contributed by atoms with Gasteiger partial charge in [-0.25, -0.2) is 4.79 Å². The molecule has 0 bridgehead atoms. The number of carbonyl (C=O) groups excluding carboxylic acids is 3. The fraction of sp³-hybridized carbons (Fsp3) is 0.188. The van der Waals surface area contributed by atoms with Gasteiger partial charge in [-0.15, -0.1) is 0 Å². The Hall–Kier alpha value is -2.89. The fourth-order valence-corrected chi connectivity index (χ4v) is 2.54. The Morgan fingerprint density at radius 1 is 1.14 bits per heavy atom. The highest BCUT2D eigenvalue weighted by Gasteiger charge is 2.49. The monoisotopic (exact) mass is 297 g/mol. The van der Waals surface area contributed by atoms with Gasteiger partial charge in [0.25, 0.3) is 5.91 Å². The minimum atomic E-state index is -1.14. The maximum absolute atomic E-state index is 12.6. The average molecular weight is 297 g/mol. The van der Waals surface area contributed by atoms with E-state index in [1.165, 1.54) is 0 Å². The summed E-state index contributed by atoms with van der Waals surface area (Å²) in [7, 11) is 0. The second kappa shape index (κ2) is 5.14. The smallest absolute Gasteiger partial charge is 0.325 e. The summed E-state index contributed by atoms with van der Waals surface area (Å²) in [5, 5.41) is 2.67. The van der Waals surface area contributed by atoms with Crippen molar-refractivity contribution >= 4 is 17.7 Å². The summed E-state index contributed by atoms with van der Waals surface area (Å²) in [6.07, 6.45) is 1.62. The summed E-state index contributed by atoms with van der Waals surface area (Å²) < 4.78 is 0. The Morgan fingerprint density at radius 3 is 2.50 bits per heavy atom. The highest BCUT2D eigenvalue weighted by Crippen LogP contribution is 2.28. The van der Waals surface area contributed by atoms with Gasteiger partial charge in [0.05, 0.1) is 12.2 Å². The summed E-state index contributed by atoms with van der Waals surface area (Å²) >= 11 is 0. The van der Waals surface area contributed by atoms with Crippen molar-refractivity contribution in [1.82, 2.24) is 15.2 Å². The number of rotatable bonds is 4. The van der Waals surface area contributed by atoms with Crippen LogP contribution >= 0.6 is 0 Å². The van der Waals surface area contributed by atoms with Crippen LogP contribution in [0.1, 0.15) is 23.0 Å². The number of hydrogen-bond donors (Lipinski definition) is 2. The third-order valence-electron chi connectivity index (χ3n) is 3.83. The maximum Gasteiger partial charge on any atom is 0.325 e. The quantitative estimate of drug-likeness (QED) is 0.665. The highest BCUT2D eigenvalue weighted by molar-refractivity contribution is 6.10. The lowest BCUT2D eigenvalue weighted by atomic mass is 9.92. The van der Waals surface area contributed by atoms with Gasteiger partial charge < -0.3 is 10.3 Å². The molecule has 1 fully saturated rings. The first kappa shape index (κ1) is 14.1. The molecule has 0 aliphatic carbocycles. The fourth-order valence-electron chi connectivity index (χ4n) is 2.54. The van der Waals surface area contributed by atoms with Gasteiger partial charge >= 0.3 is 6.03 Å². The normalized spacial score (nSPS) is 21.0. The predicted octanol–water partition coefficient (Wildman–Crippen LogP) is 1.66.